The molecule has 0 bridgehead atoms. The molecular formula is C7H2ClF5N2O5S. The van der Waals surface area contributed by atoms with Gasteiger partial charge in [-0.3, -0.25) is 0 Å². The first-order chi connectivity index (χ1) is 9.33. The fourth-order valence-corrected chi connectivity index (χ4v) is 2.10. The van der Waals surface area contributed by atoms with Crippen LogP contribution in [0.25, 0.3) is 0 Å². The highest BCUT2D eigenvalue weighted by atomic mass is 35.7. The van der Waals surface area contributed by atoms with Gasteiger partial charge in [-0.1, -0.05) is 0 Å². The van der Waals surface area contributed by atoms with Gasteiger partial charge >= 0.3 is 18.6 Å². The van der Waals surface area contributed by atoms with E-state index in [0.29, 0.717) is 0 Å². The van der Waals surface area contributed by atoms with E-state index in [0.717, 1.165) is 0 Å². The molecule has 0 aliphatic rings. The molecule has 0 atom stereocenters. The minimum Gasteiger partial charge on any atom is -0.395 e. The highest BCUT2D eigenvalue weighted by molar-refractivity contribution is 8.13. The fourth-order valence-electron chi connectivity index (χ4n) is 1.14. The molecule has 1 heterocycles. The van der Waals surface area contributed by atoms with Gasteiger partial charge in [-0.05, 0) is 9.91 Å². The zero-order valence-corrected chi connectivity index (χ0v) is 10.8. The molecule has 118 valence electrons. The number of rotatable bonds is 4. The second kappa shape index (κ2) is 5.55. The van der Waals surface area contributed by atoms with Gasteiger partial charge in [0.15, 0.2) is 0 Å². The number of nitrogens with zero attached hydrogens (tertiary/aromatic N) is 2. The van der Waals surface area contributed by atoms with Crippen molar-refractivity contribution in [3.63, 3.8) is 0 Å². The predicted octanol–water partition coefficient (Wildman–Crippen LogP) is 2.75. The summed E-state index contributed by atoms with van der Waals surface area (Å²) in [7, 11) is -0.273. The van der Waals surface area contributed by atoms with Crippen molar-refractivity contribution in [2.45, 2.75) is 17.7 Å². The van der Waals surface area contributed by atoms with Crippen LogP contribution in [0.2, 0.25) is 0 Å². The number of hydrogen-bond acceptors (Lipinski definition) is 6. The molecule has 0 saturated heterocycles. The zero-order valence-electron chi connectivity index (χ0n) is 9.27. The van der Waals surface area contributed by atoms with Crippen molar-refractivity contribution >= 4 is 25.6 Å². The van der Waals surface area contributed by atoms with Crippen LogP contribution in [0.4, 0.5) is 27.8 Å². The van der Waals surface area contributed by atoms with E-state index >= 15 is 0 Å². The minimum atomic E-state index is -5.53. The van der Waals surface area contributed by atoms with Gasteiger partial charge in [-0.15, -0.1) is 13.2 Å². The molecule has 1 aromatic heterocycles. The van der Waals surface area contributed by atoms with Crippen molar-refractivity contribution < 1.29 is 40.0 Å². The Balaban J connectivity index is 3.75. The number of ether oxygens (including phenoxy) is 1. The molecule has 1 aromatic rings. The Labute approximate surface area is 116 Å². The number of halogens is 6. The van der Waals surface area contributed by atoms with Gasteiger partial charge in [-0.2, -0.15) is 0 Å². The van der Waals surface area contributed by atoms with E-state index in [2.05, 4.69) is 9.72 Å². The summed E-state index contributed by atoms with van der Waals surface area (Å²) in [6.45, 7) is 0. The SMILES string of the molecule is O=[N+]([O-])c1nc(C(F)F)cc(S(=O)(=O)Cl)c1OC(F)(F)F. The summed E-state index contributed by atoms with van der Waals surface area (Å²) in [5.74, 6) is -3.75. The van der Waals surface area contributed by atoms with Gasteiger partial charge in [0.25, 0.3) is 9.05 Å². The summed E-state index contributed by atoms with van der Waals surface area (Å²) >= 11 is 0. The first-order valence-electron chi connectivity index (χ1n) is 4.51. The maximum absolute atomic E-state index is 12.5. The third kappa shape index (κ3) is 4.35. The summed E-state index contributed by atoms with van der Waals surface area (Å²) in [5, 5.41) is 10.6. The quantitative estimate of drug-likeness (QED) is 0.356. The maximum atomic E-state index is 12.5. The van der Waals surface area contributed by atoms with Crippen molar-refractivity contribution in [2.24, 2.45) is 0 Å². The highest BCUT2D eigenvalue weighted by Crippen LogP contribution is 2.39. The van der Waals surface area contributed by atoms with E-state index in [1.165, 1.54) is 0 Å². The number of hydrogen-bond donors (Lipinski definition) is 0. The van der Waals surface area contributed by atoms with Crippen LogP contribution in [0.1, 0.15) is 12.1 Å². The molecule has 0 aromatic carbocycles. The first kappa shape index (κ1) is 17.3. The Bertz CT molecular complexity index is 677. The van der Waals surface area contributed by atoms with Crippen LogP contribution in [0.5, 0.6) is 5.75 Å². The van der Waals surface area contributed by atoms with E-state index in [4.69, 9.17) is 10.7 Å². The van der Waals surface area contributed by atoms with Gasteiger partial charge in [0.1, 0.15) is 4.90 Å². The van der Waals surface area contributed by atoms with Crippen molar-refractivity contribution in [3.05, 3.63) is 21.9 Å². The normalized spacial score (nSPS) is 12.5. The van der Waals surface area contributed by atoms with Crippen LogP contribution in [-0.4, -0.2) is 24.7 Å². The van der Waals surface area contributed by atoms with Crippen molar-refractivity contribution in [1.82, 2.24) is 4.98 Å². The van der Waals surface area contributed by atoms with E-state index in [-0.39, 0.29) is 6.07 Å². The Morgan fingerprint density at radius 2 is 1.90 bits per heavy atom. The summed E-state index contributed by atoms with van der Waals surface area (Å²) in [5.41, 5.74) is -1.45. The van der Waals surface area contributed by atoms with Gasteiger partial charge in [0, 0.05) is 16.7 Å². The van der Waals surface area contributed by atoms with Gasteiger partial charge in [0.05, 0.1) is 0 Å². The Kier molecular flexibility index (Phi) is 4.57. The lowest BCUT2D eigenvalue weighted by Crippen LogP contribution is -2.20. The molecule has 14 heteroatoms. The lowest BCUT2D eigenvalue weighted by atomic mass is 10.3. The summed E-state index contributed by atoms with van der Waals surface area (Å²) in [6.07, 6.45) is -9.02. The van der Waals surface area contributed by atoms with Crippen molar-refractivity contribution in [1.29, 1.82) is 0 Å². The van der Waals surface area contributed by atoms with Crippen LogP contribution in [-0.2, 0) is 9.05 Å². The Morgan fingerprint density at radius 1 is 1.38 bits per heavy atom. The molecule has 7 nitrogen and oxygen atoms in total. The molecule has 0 saturated carbocycles. The van der Waals surface area contributed by atoms with E-state index < -0.39 is 48.9 Å². The van der Waals surface area contributed by atoms with Crippen molar-refractivity contribution in [2.75, 3.05) is 0 Å². The topological polar surface area (TPSA) is 99.4 Å². The summed E-state index contributed by atoms with van der Waals surface area (Å²) in [6, 6.07) is -0.0406. The smallest absolute Gasteiger partial charge is 0.395 e. The molecular weight excluding hydrogens is 355 g/mol. The molecule has 0 spiro atoms. The third-order valence-electron chi connectivity index (χ3n) is 1.82. The third-order valence-corrected chi connectivity index (χ3v) is 3.15. The maximum Gasteiger partial charge on any atom is 0.573 e. The molecule has 0 aliphatic carbocycles. The molecule has 21 heavy (non-hydrogen) atoms. The molecule has 0 amide bonds. The number of nitro groups is 1. The average molecular weight is 357 g/mol. The summed E-state index contributed by atoms with van der Waals surface area (Å²) in [4.78, 5) is 9.95. The first-order valence-corrected chi connectivity index (χ1v) is 6.81. The fraction of sp³-hybridized carbons (Fsp3) is 0.286. The second-order valence-corrected chi connectivity index (χ2v) is 5.78. The Morgan fingerprint density at radius 3 is 2.24 bits per heavy atom. The molecule has 0 fully saturated rings. The summed E-state index contributed by atoms with van der Waals surface area (Å²) < 4.78 is 86.8. The molecule has 0 unspecified atom stereocenters. The van der Waals surface area contributed by atoms with E-state index in [1.807, 2.05) is 0 Å². The van der Waals surface area contributed by atoms with Gasteiger partial charge < -0.3 is 14.9 Å². The van der Waals surface area contributed by atoms with Crippen LogP contribution < -0.4 is 4.74 Å². The molecule has 0 aliphatic heterocycles. The number of aromatic nitrogens is 1. The minimum absolute atomic E-state index is 0.0406. The van der Waals surface area contributed by atoms with E-state index in [1.54, 1.807) is 0 Å². The molecule has 0 N–H and O–H groups in total. The monoisotopic (exact) mass is 356 g/mol. The number of alkyl halides is 5. The predicted molar refractivity (Wildman–Crippen MR) is 55.6 cm³/mol. The van der Waals surface area contributed by atoms with E-state index in [9.17, 15) is 40.5 Å². The number of pyridine rings is 1. The average Bonchev–Trinajstić information content (AvgIpc) is 2.24. The standard InChI is InChI=1S/C7H2ClF5N2O5S/c8-21(18,19)3-1-2(5(9)10)14-6(15(16)17)4(3)20-7(11,12)13/h1,5H. The molecule has 1 rings (SSSR count). The van der Waals surface area contributed by atoms with Crippen LogP contribution in [0.3, 0.4) is 0 Å². The highest BCUT2D eigenvalue weighted by Gasteiger charge is 2.40. The largest absolute Gasteiger partial charge is 0.573 e. The molecule has 0 radical (unpaired) electrons. The second-order valence-electron chi connectivity index (χ2n) is 3.24. The van der Waals surface area contributed by atoms with Crippen LogP contribution in [0, 0.1) is 10.1 Å². The van der Waals surface area contributed by atoms with Gasteiger partial charge in [0.2, 0.25) is 11.4 Å². The van der Waals surface area contributed by atoms with Crippen LogP contribution >= 0.6 is 10.7 Å². The van der Waals surface area contributed by atoms with Gasteiger partial charge in [-0.25, -0.2) is 17.2 Å². The lowest BCUT2D eigenvalue weighted by Gasteiger charge is -2.11. The lowest BCUT2D eigenvalue weighted by molar-refractivity contribution is -0.393. The zero-order chi connectivity index (χ0) is 16.6. The Hall–Kier alpha value is -1.76. The van der Waals surface area contributed by atoms with Crippen molar-refractivity contribution in [3.8, 4) is 5.75 Å². The van der Waals surface area contributed by atoms with Crippen LogP contribution in [0.15, 0.2) is 11.0 Å².